The molecule has 1 aliphatic heterocycles. The van der Waals surface area contributed by atoms with Crippen molar-refractivity contribution >= 4 is 5.97 Å². The number of cyclic esters (lactones) is 1. The van der Waals surface area contributed by atoms with Crippen molar-refractivity contribution in [2.45, 2.75) is 26.7 Å². The molecule has 0 saturated heterocycles. The monoisotopic (exact) mass is 166 g/mol. The fraction of sp³-hybridized carbons (Fsp3) is 0.500. The summed E-state index contributed by atoms with van der Waals surface area (Å²) >= 11 is 0. The Hall–Kier alpha value is -1.05. The van der Waals surface area contributed by atoms with E-state index in [9.17, 15) is 4.79 Å². The molecule has 0 saturated carbocycles. The molecule has 0 aromatic heterocycles. The summed E-state index contributed by atoms with van der Waals surface area (Å²) < 4.78 is 4.77. The Kier molecular flexibility index (Phi) is 3.09. The first kappa shape index (κ1) is 9.04. The van der Waals surface area contributed by atoms with E-state index in [0.29, 0.717) is 6.61 Å². The summed E-state index contributed by atoms with van der Waals surface area (Å²) in [5, 5.41) is 0. The Morgan fingerprint density at radius 1 is 1.67 bits per heavy atom. The summed E-state index contributed by atoms with van der Waals surface area (Å²) in [6, 6.07) is 0. The zero-order valence-electron chi connectivity index (χ0n) is 7.59. The second-order valence-electron chi connectivity index (χ2n) is 3.23. The Labute approximate surface area is 72.9 Å². The van der Waals surface area contributed by atoms with Gasteiger partial charge in [0.1, 0.15) is 6.61 Å². The summed E-state index contributed by atoms with van der Waals surface area (Å²) in [4.78, 5) is 10.6. The lowest BCUT2D eigenvalue weighted by atomic mass is 10.1. The molecule has 2 nitrogen and oxygen atoms in total. The van der Waals surface area contributed by atoms with Crippen LogP contribution >= 0.6 is 0 Å². The first-order valence-electron chi connectivity index (χ1n) is 4.18. The van der Waals surface area contributed by atoms with Gasteiger partial charge in [0.25, 0.3) is 0 Å². The van der Waals surface area contributed by atoms with Crippen LogP contribution in [0, 0.1) is 0 Å². The molecule has 1 aliphatic rings. The third kappa shape index (κ3) is 2.91. The van der Waals surface area contributed by atoms with Crippen LogP contribution in [0.15, 0.2) is 23.3 Å². The molecule has 0 radical (unpaired) electrons. The molecule has 2 heteroatoms. The van der Waals surface area contributed by atoms with E-state index in [1.54, 1.807) is 6.08 Å². The molecule has 66 valence electrons. The van der Waals surface area contributed by atoms with E-state index in [-0.39, 0.29) is 5.97 Å². The lowest BCUT2D eigenvalue weighted by Gasteiger charge is -1.96. The molecule has 0 N–H and O–H groups in total. The predicted octanol–water partition coefficient (Wildman–Crippen LogP) is 2.22. The lowest BCUT2D eigenvalue weighted by Crippen LogP contribution is -1.91. The average molecular weight is 166 g/mol. The summed E-state index contributed by atoms with van der Waals surface area (Å²) in [5.74, 6) is -0.192. The summed E-state index contributed by atoms with van der Waals surface area (Å²) in [7, 11) is 0. The number of allylic oxidation sites excluding steroid dienone is 2. The van der Waals surface area contributed by atoms with Crippen LogP contribution in [-0.2, 0) is 9.53 Å². The van der Waals surface area contributed by atoms with Crippen LogP contribution in [0.1, 0.15) is 26.7 Å². The highest BCUT2D eigenvalue weighted by atomic mass is 16.5. The number of esters is 1. The first-order valence-corrected chi connectivity index (χ1v) is 4.18. The fourth-order valence-electron chi connectivity index (χ4n) is 1.10. The molecule has 0 aliphatic carbocycles. The number of carbonyl (C=O) groups is 1. The number of rotatable bonds is 3. The van der Waals surface area contributed by atoms with Crippen LogP contribution in [0.4, 0.5) is 0 Å². The third-order valence-corrected chi connectivity index (χ3v) is 1.74. The standard InChI is InChI=1S/C10H14O2/c1-8(2)4-3-5-9-6-10(11)12-7-9/h4,6H,3,5,7H2,1-2H3. The van der Waals surface area contributed by atoms with Crippen molar-refractivity contribution in [3.8, 4) is 0 Å². The molecule has 0 unspecified atom stereocenters. The van der Waals surface area contributed by atoms with Crippen molar-refractivity contribution < 1.29 is 9.53 Å². The minimum Gasteiger partial charge on any atom is -0.458 e. The van der Waals surface area contributed by atoms with E-state index in [1.165, 1.54) is 5.57 Å². The van der Waals surface area contributed by atoms with E-state index in [1.807, 2.05) is 0 Å². The van der Waals surface area contributed by atoms with Crippen molar-refractivity contribution in [2.75, 3.05) is 6.61 Å². The van der Waals surface area contributed by atoms with E-state index >= 15 is 0 Å². The third-order valence-electron chi connectivity index (χ3n) is 1.74. The van der Waals surface area contributed by atoms with Crippen molar-refractivity contribution in [1.29, 1.82) is 0 Å². The zero-order valence-corrected chi connectivity index (χ0v) is 7.59. The second-order valence-corrected chi connectivity index (χ2v) is 3.23. The van der Waals surface area contributed by atoms with Gasteiger partial charge in [0, 0.05) is 6.08 Å². The van der Waals surface area contributed by atoms with Crippen LogP contribution < -0.4 is 0 Å². The van der Waals surface area contributed by atoms with Crippen molar-refractivity contribution in [3.05, 3.63) is 23.3 Å². The van der Waals surface area contributed by atoms with Gasteiger partial charge < -0.3 is 4.74 Å². The highest BCUT2D eigenvalue weighted by Gasteiger charge is 2.10. The minimum atomic E-state index is -0.192. The van der Waals surface area contributed by atoms with Gasteiger partial charge in [-0.15, -0.1) is 0 Å². The SMILES string of the molecule is CC(C)=CCCC1=CC(=O)OC1. The largest absolute Gasteiger partial charge is 0.458 e. The quantitative estimate of drug-likeness (QED) is 0.474. The molecule has 1 heterocycles. The maximum Gasteiger partial charge on any atom is 0.331 e. The molecule has 1 rings (SSSR count). The fourth-order valence-corrected chi connectivity index (χ4v) is 1.10. The minimum absolute atomic E-state index is 0.192. The normalized spacial score (nSPS) is 15.5. The van der Waals surface area contributed by atoms with Gasteiger partial charge in [-0.25, -0.2) is 4.79 Å². The molecule has 0 fully saturated rings. The molecular weight excluding hydrogens is 152 g/mol. The van der Waals surface area contributed by atoms with E-state index < -0.39 is 0 Å². The Bertz CT molecular complexity index is 232. The zero-order chi connectivity index (χ0) is 8.97. The first-order chi connectivity index (χ1) is 5.68. The van der Waals surface area contributed by atoms with Gasteiger partial charge in [0.15, 0.2) is 0 Å². The number of ether oxygens (including phenoxy) is 1. The van der Waals surface area contributed by atoms with Crippen LogP contribution in [0.3, 0.4) is 0 Å². The topological polar surface area (TPSA) is 26.3 Å². The summed E-state index contributed by atoms with van der Waals surface area (Å²) in [6.07, 6.45) is 5.71. The van der Waals surface area contributed by atoms with Gasteiger partial charge >= 0.3 is 5.97 Å². The Morgan fingerprint density at radius 3 is 2.92 bits per heavy atom. The van der Waals surface area contributed by atoms with E-state index in [0.717, 1.165) is 18.4 Å². The van der Waals surface area contributed by atoms with Crippen molar-refractivity contribution in [2.24, 2.45) is 0 Å². The van der Waals surface area contributed by atoms with Crippen molar-refractivity contribution in [3.63, 3.8) is 0 Å². The molecule has 0 aromatic rings. The van der Waals surface area contributed by atoms with Gasteiger partial charge in [-0.3, -0.25) is 0 Å². The smallest absolute Gasteiger partial charge is 0.331 e. The highest BCUT2D eigenvalue weighted by molar-refractivity contribution is 5.85. The van der Waals surface area contributed by atoms with E-state index in [2.05, 4.69) is 19.9 Å². The molecule has 12 heavy (non-hydrogen) atoms. The maximum atomic E-state index is 10.6. The number of carbonyl (C=O) groups excluding carboxylic acids is 1. The van der Waals surface area contributed by atoms with Crippen molar-refractivity contribution in [1.82, 2.24) is 0 Å². The summed E-state index contributed by atoms with van der Waals surface area (Å²) in [5.41, 5.74) is 2.43. The van der Waals surface area contributed by atoms with Gasteiger partial charge in [0.2, 0.25) is 0 Å². The highest BCUT2D eigenvalue weighted by Crippen LogP contribution is 2.12. The second kappa shape index (κ2) is 4.10. The Balaban J connectivity index is 2.29. The molecule has 0 bridgehead atoms. The summed E-state index contributed by atoms with van der Waals surface area (Å²) in [6.45, 7) is 4.64. The number of hydrogen-bond donors (Lipinski definition) is 0. The molecule has 0 aromatic carbocycles. The van der Waals surface area contributed by atoms with Crippen LogP contribution in [0.2, 0.25) is 0 Å². The molecular formula is C10H14O2. The predicted molar refractivity (Wildman–Crippen MR) is 47.7 cm³/mol. The maximum absolute atomic E-state index is 10.6. The van der Waals surface area contributed by atoms with Gasteiger partial charge in [-0.2, -0.15) is 0 Å². The Morgan fingerprint density at radius 2 is 2.42 bits per heavy atom. The lowest BCUT2D eigenvalue weighted by molar-refractivity contribution is -0.134. The van der Waals surface area contributed by atoms with Gasteiger partial charge in [0.05, 0.1) is 0 Å². The average Bonchev–Trinajstić information content (AvgIpc) is 2.35. The molecule has 0 amide bonds. The van der Waals surface area contributed by atoms with Gasteiger partial charge in [-0.05, 0) is 32.3 Å². The molecule has 0 atom stereocenters. The van der Waals surface area contributed by atoms with Crippen LogP contribution in [-0.4, -0.2) is 12.6 Å². The number of hydrogen-bond acceptors (Lipinski definition) is 2. The van der Waals surface area contributed by atoms with E-state index in [4.69, 9.17) is 4.74 Å². The van der Waals surface area contributed by atoms with Crippen LogP contribution in [0.5, 0.6) is 0 Å². The molecule has 0 spiro atoms. The van der Waals surface area contributed by atoms with Crippen LogP contribution in [0.25, 0.3) is 0 Å². The van der Waals surface area contributed by atoms with Gasteiger partial charge in [-0.1, -0.05) is 11.6 Å².